The highest BCUT2D eigenvalue weighted by molar-refractivity contribution is 6.08. The SMILES string of the molecule is O=C(CC(=O)C1CCCC1)c1ccccc1. The van der Waals surface area contributed by atoms with Crippen molar-refractivity contribution in [3.8, 4) is 0 Å². The number of benzene rings is 1. The summed E-state index contributed by atoms with van der Waals surface area (Å²) in [5, 5.41) is 0. The van der Waals surface area contributed by atoms with E-state index in [1.807, 2.05) is 18.2 Å². The van der Waals surface area contributed by atoms with Gasteiger partial charge in [0.15, 0.2) is 5.78 Å². The maximum Gasteiger partial charge on any atom is 0.170 e. The van der Waals surface area contributed by atoms with Gasteiger partial charge in [-0.2, -0.15) is 0 Å². The van der Waals surface area contributed by atoms with E-state index in [1.165, 1.54) is 0 Å². The van der Waals surface area contributed by atoms with E-state index in [9.17, 15) is 9.59 Å². The number of rotatable bonds is 4. The Balaban J connectivity index is 1.94. The number of carbonyl (C=O) groups excluding carboxylic acids is 2. The van der Waals surface area contributed by atoms with E-state index in [-0.39, 0.29) is 23.9 Å². The number of hydrogen-bond donors (Lipinski definition) is 0. The Labute approximate surface area is 95.7 Å². The molecule has 1 saturated carbocycles. The molecule has 0 heterocycles. The summed E-state index contributed by atoms with van der Waals surface area (Å²) >= 11 is 0. The Hall–Kier alpha value is -1.44. The van der Waals surface area contributed by atoms with Crippen molar-refractivity contribution >= 4 is 11.6 Å². The first kappa shape index (κ1) is 11.1. The van der Waals surface area contributed by atoms with Crippen LogP contribution in [0.1, 0.15) is 42.5 Å². The van der Waals surface area contributed by atoms with Crippen LogP contribution in [-0.4, -0.2) is 11.6 Å². The van der Waals surface area contributed by atoms with Gasteiger partial charge in [0, 0.05) is 11.5 Å². The van der Waals surface area contributed by atoms with Gasteiger partial charge in [0.2, 0.25) is 0 Å². The minimum atomic E-state index is -0.0440. The van der Waals surface area contributed by atoms with Crippen molar-refractivity contribution in [2.24, 2.45) is 5.92 Å². The van der Waals surface area contributed by atoms with Crippen LogP contribution in [-0.2, 0) is 4.79 Å². The third kappa shape index (κ3) is 2.57. The van der Waals surface area contributed by atoms with Crippen molar-refractivity contribution in [1.82, 2.24) is 0 Å². The zero-order chi connectivity index (χ0) is 11.4. The fourth-order valence-electron chi connectivity index (χ4n) is 2.28. The minimum Gasteiger partial charge on any atom is -0.299 e. The van der Waals surface area contributed by atoms with E-state index >= 15 is 0 Å². The molecule has 84 valence electrons. The standard InChI is InChI=1S/C14H16O2/c15-13(11-6-2-1-3-7-11)10-14(16)12-8-4-5-9-12/h1-3,6-7,12H,4-5,8-10H2. The maximum absolute atomic E-state index is 11.8. The second-order valence-electron chi connectivity index (χ2n) is 4.41. The van der Waals surface area contributed by atoms with Crippen LogP contribution < -0.4 is 0 Å². The molecule has 1 aliphatic rings. The van der Waals surface area contributed by atoms with Crippen LogP contribution in [0.15, 0.2) is 30.3 Å². The summed E-state index contributed by atoms with van der Waals surface area (Å²) in [6.45, 7) is 0. The second kappa shape index (κ2) is 5.06. The monoisotopic (exact) mass is 216 g/mol. The zero-order valence-electron chi connectivity index (χ0n) is 9.32. The minimum absolute atomic E-state index is 0.0440. The highest BCUT2D eigenvalue weighted by Gasteiger charge is 2.24. The molecular formula is C14H16O2. The van der Waals surface area contributed by atoms with Crippen LogP contribution in [0.3, 0.4) is 0 Å². The third-order valence-corrected chi connectivity index (χ3v) is 3.24. The molecule has 16 heavy (non-hydrogen) atoms. The van der Waals surface area contributed by atoms with Crippen LogP contribution in [0.2, 0.25) is 0 Å². The molecule has 0 amide bonds. The summed E-state index contributed by atoms with van der Waals surface area (Å²) in [7, 11) is 0. The lowest BCUT2D eigenvalue weighted by Crippen LogP contribution is -2.15. The Morgan fingerprint density at radius 2 is 1.69 bits per heavy atom. The van der Waals surface area contributed by atoms with Crippen LogP contribution in [0.25, 0.3) is 0 Å². The van der Waals surface area contributed by atoms with Gasteiger partial charge in [-0.15, -0.1) is 0 Å². The summed E-state index contributed by atoms with van der Waals surface area (Å²) in [5.74, 6) is 0.233. The molecule has 0 unspecified atom stereocenters. The summed E-state index contributed by atoms with van der Waals surface area (Å²) < 4.78 is 0. The molecule has 0 saturated heterocycles. The largest absolute Gasteiger partial charge is 0.299 e. The fourth-order valence-corrected chi connectivity index (χ4v) is 2.28. The summed E-state index contributed by atoms with van der Waals surface area (Å²) in [4.78, 5) is 23.6. The van der Waals surface area contributed by atoms with Gasteiger partial charge in [0.25, 0.3) is 0 Å². The van der Waals surface area contributed by atoms with Crippen molar-refractivity contribution in [2.45, 2.75) is 32.1 Å². The fraction of sp³-hybridized carbons (Fsp3) is 0.429. The topological polar surface area (TPSA) is 34.1 Å². The summed E-state index contributed by atoms with van der Waals surface area (Å²) in [6, 6.07) is 9.06. The van der Waals surface area contributed by atoms with Crippen molar-refractivity contribution in [2.75, 3.05) is 0 Å². The van der Waals surface area contributed by atoms with E-state index in [0.29, 0.717) is 5.56 Å². The van der Waals surface area contributed by atoms with Gasteiger partial charge in [0.05, 0.1) is 6.42 Å². The quantitative estimate of drug-likeness (QED) is 0.572. The average Bonchev–Trinajstić information content (AvgIpc) is 2.83. The van der Waals surface area contributed by atoms with Crippen LogP contribution >= 0.6 is 0 Å². The van der Waals surface area contributed by atoms with Gasteiger partial charge in [-0.05, 0) is 12.8 Å². The van der Waals surface area contributed by atoms with Gasteiger partial charge in [-0.1, -0.05) is 43.2 Å². The predicted molar refractivity (Wildman–Crippen MR) is 62.4 cm³/mol. The van der Waals surface area contributed by atoms with E-state index in [0.717, 1.165) is 25.7 Å². The van der Waals surface area contributed by atoms with Crippen LogP contribution in [0.4, 0.5) is 0 Å². The van der Waals surface area contributed by atoms with Gasteiger partial charge >= 0.3 is 0 Å². The molecule has 2 nitrogen and oxygen atoms in total. The smallest absolute Gasteiger partial charge is 0.170 e. The molecule has 0 aliphatic heterocycles. The highest BCUT2D eigenvalue weighted by atomic mass is 16.1. The van der Waals surface area contributed by atoms with E-state index in [4.69, 9.17) is 0 Å². The van der Waals surface area contributed by atoms with Crippen molar-refractivity contribution < 1.29 is 9.59 Å². The molecule has 0 N–H and O–H groups in total. The first-order valence-electron chi connectivity index (χ1n) is 5.88. The van der Waals surface area contributed by atoms with E-state index in [1.54, 1.807) is 12.1 Å². The first-order chi connectivity index (χ1) is 7.77. The number of ketones is 2. The number of Topliss-reactive ketones (excluding diaryl/α,β-unsaturated/α-hetero) is 2. The van der Waals surface area contributed by atoms with Crippen molar-refractivity contribution in [3.63, 3.8) is 0 Å². The molecule has 0 bridgehead atoms. The molecule has 0 aromatic heterocycles. The first-order valence-corrected chi connectivity index (χ1v) is 5.88. The van der Waals surface area contributed by atoms with Crippen molar-refractivity contribution in [3.05, 3.63) is 35.9 Å². The van der Waals surface area contributed by atoms with Gasteiger partial charge in [0.1, 0.15) is 5.78 Å². The highest BCUT2D eigenvalue weighted by Crippen LogP contribution is 2.26. The Bertz CT molecular complexity index is 375. The van der Waals surface area contributed by atoms with Gasteiger partial charge in [-0.3, -0.25) is 9.59 Å². The van der Waals surface area contributed by atoms with Gasteiger partial charge < -0.3 is 0 Å². The zero-order valence-corrected chi connectivity index (χ0v) is 9.32. The Morgan fingerprint density at radius 1 is 1.06 bits per heavy atom. The van der Waals surface area contributed by atoms with Crippen molar-refractivity contribution in [1.29, 1.82) is 0 Å². The summed E-state index contributed by atoms with van der Waals surface area (Å²) in [6.07, 6.45) is 4.29. The average molecular weight is 216 g/mol. The summed E-state index contributed by atoms with van der Waals surface area (Å²) in [5.41, 5.74) is 0.647. The Morgan fingerprint density at radius 3 is 2.31 bits per heavy atom. The maximum atomic E-state index is 11.8. The van der Waals surface area contributed by atoms with Gasteiger partial charge in [-0.25, -0.2) is 0 Å². The lowest BCUT2D eigenvalue weighted by molar-refractivity contribution is -0.121. The lowest BCUT2D eigenvalue weighted by atomic mass is 9.96. The number of carbonyl (C=O) groups is 2. The molecule has 1 fully saturated rings. The predicted octanol–water partition coefficient (Wildman–Crippen LogP) is 3.02. The third-order valence-electron chi connectivity index (χ3n) is 3.24. The van der Waals surface area contributed by atoms with E-state index < -0.39 is 0 Å². The molecule has 1 aromatic carbocycles. The number of hydrogen-bond acceptors (Lipinski definition) is 2. The molecule has 1 aliphatic carbocycles. The molecule has 0 atom stereocenters. The lowest BCUT2D eigenvalue weighted by Gasteiger charge is -2.06. The molecule has 2 heteroatoms. The Kier molecular flexibility index (Phi) is 3.50. The van der Waals surface area contributed by atoms with Crippen LogP contribution in [0.5, 0.6) is 0 Å². The molecular weight excluding hydrogens is 200 g/mol. The normalized spacial score (nSPS) is 16.2. The van der Waals surface area contributed by atoms with Crippen LogP contribution in [0, 0.1) is 5.92 Å². The van der Waals surface area contributed by atoms with E-state index in [2.05, 4.69) is 0 Å². The second-order valence-corrected chi connectivity index (χ2v) is 4.41. The molecule has 0 spiro atoms. The molecule has 1 aromatic rings. The molecule has 0 radical (unpaired) electrons. The molecule has 2 rings (SSSR count).